The molecule has 0 spiro atoms. The maximum absolute atomic E-state index is 12.4. The van der Waals surface area contributed by atoms with Crippen LogP contribution in [-0.4, -0.2) is 37.6 Å². The molecule has 2 N–H and O–H groups in total. The topological polar surface area (TPSA) is 44.4 Å². The van der Waals surface area contributed by atoms with Crippen LogP contribution in [0.2, 0.25) is 0 Å². The number of carbonyl (C=O) groups excluding carboxylic acids is 1. The maximum Gasteiger partial charge on any atom is 0.251 e. The molecule has 1 aromatic carbocycles. The number of piperidine rings is 1. The number of carbonyl (C=O) groups is 1. The zero-order valence-electron chi connectivity index (χ0n) is 14.5. The van der Waals surface area contributed by atoms with Gasteiger partial charge in [-0.05, 0) is 56.4 Å². The second-order valence-electron chi connectivity index (χ2n) is 6.75. The van der Waals surface area contributed by atoms with Crippen LogP contribution in [-0.2, 0) is 0 Å². The van der Waals surface area contributed by atoms with E-state index in [4.69, 9.17) is 0 Å². The summed E-state index contributed by atoms with van der Waals surface area (Å²) in [5.74, 6) is 0.0657. The molecule has 0 aliphatic carbocycles. The fourth-order valence-corrected chi connectivity index (χ4v) is 3.78. The number of hydrogen-bond donors (Lipinski definition) is 2. The van der Waals surface area contributed by atoms with Crippen molar-refractivity contribution in [2.75, 3.05) is 18.5 Å². The second kappa shape index (κ2) is 9.50. The highest BCUT2D eigenvalue weighted by Gasteiger charge is 2.34. The average Bonchev–Trinajstić information content (AvgIpc) is 2.86. The Bertz CT molecular complexity index is 512. The van der Waals surface area contributed by atoms with E-state index in [9.17, 15) is 4.79 Å². The number of hydrogen-bond acceptors (Lipinski definition) is 3. The van der Waals surface area contributed by atoms with E-state index in [2.05, 4.69) is 29.5 Å². The van der Waals surface area contributed by atoms with Crippen LogP contribution >= 0.6 is 24.8 Å². The number of anilines is 1. The van der Waals surface area contributed by atoms with Crippen LogP contribution in [0.5, 0.6) is 0 Å². The summed E-state index contributed by atoms with van der Waals surface area (Å²) >= 11 is 0. The Balaban J connectivity index is 0.00000144. The number of amides is 1. The highest BCUT2D eigenvalue weighted by atomic mass is 35.5. The molecule has 0 radical (unpaired) electrons. The number of nitrogens with zero attached hydrogens (tertiary/aromatic N) is 1. The minimum absolute atomic E-state index is 0. The van der Waals surface area contributed by atoms with Gasteiger partial charge in [0.15, 0.2) is 0 Å². The summed E-state index contributed by atoms with van der Waals surface area (Å²) < 4.78 is 0. The molecule has 3 rings (SSSR count). The van der Waals surface area contributed by atoms with Crippen molar-refractivity contribution in [1.29, 1.82) is 0 Å². The van der Waals surface area contributed by atoms with E-state index in [1.54, 1.807) is 0 Å². The molecule has 0 aromatic heterocycles. The zero-order chi connectivity index (χ0) is 15.5. The smallest absolute Gasteiger partial charge is 0.251 e. The molecule has 2 unspecified atom stereocenters. The van der Waals surface area contributed by atoms with Crippen molar-refractivity contribution in [1.82, 2.24) is 10.6 Å². The van der Waals surface area contributed by atoms with E-state index in [-0.39, 0.29) is 30.7 Å². The van der Waals surface area contributed by atoms with Crippen molar-refractivity contribution < 1.29 is 4.79 Å². The molecule has 6 heteroatoms. The Labute approximate surface area is 157 Å². The van der Waals surface area contributed by atoms with Gasteiger partial charge in [0.25, 0.3) is 5.91 Å². The fourth-order valence-electron chi connectivity index (χ4n) is 3.78. The summed E-state index contributed by atoms with van der Waals surface area (Å²) in [7, 11) is 2.09. The molecule has 136 valence electrons. The van der Waals surface area contributed by atoms with E-state index in [0.717, 1.165) is 31.4 Å². The molecule has 1 aromatic rings. The first-order valence-electron chi connectivity index (χ1n) is 8.54. The highest BCUT2D eigenvalue weighted by molar-refractivity contribution is 5.94. The Morgan fingerprint density at radius 2 is 1.75 bits per heavy atom. The van der Waals surface area contributed by atoms with E-state index in [0.29, 0.717) is 18.1 Å². The van der Waals surface area contributed by atoms with Gasteiger partial charge in [-0.2, -0.15) is 0 Å². The number of benzene rings is 1. The molecular formula is C18H29Cl2N3O. The van der Waals surface area contributed by atoms with Gasteiger partial charge in [0.2, 0.25) is 0 Å². The van der Waals surface area contributed by atoms with Crippen molar-refractivity contribution in [2.45, 2.75) is 57.2 Å². The summed E-state index contributed by atoms with van der Waals surface area (Å²) in [6.07, 6.45) is 5.78. The van der Waals surface area contributed by atoms with Crippen LogP contribution in [0, 0.1) is 0 Å². The Kier molecular flexibility index (Phi) is 8.34. The van der Waals surface area contributed by atoms with Crippen LogP contribution in [0.4, 0.5) is 5.69 Å². The van der Waals surface area contributed by atoms with Gasteiger partial charge in [0.05, 0.1) is 0 Å². The van der Waals surface area contributed by atoms with Crippen molar-refractivity contribution in [2.24, 2.45) is 0 Å². The second-order valence-corrected chi connectivity index (χ2v) is 6.75. The van der Waals surface area contributed by atoms with E-state index >= 15 is 0 Å². The molecule has 2 bridgehead atoms. The van der Waals surface area contributed by atoms with E-state index < -0.39 is 0 Å². The van der Waals surface area contributed by atoms with Crippen molar-refractivity contribution in [3.05, 3.63) is 29.8 Å². The number of nitrogens with one attached hydrogen (secondary N) is 2. The summed E-state index contributed by atoms with van der Waals surface area (Å²) in [6.45, 7) is 3.20. The van der Waals surface area contributed by atoms with Gasteiger partial charge < -0.3 is 15.5 Å². The van der Waals surface area contributed by atoms with Crippen LogP contribution in [0.15, 0.2) is 24.3 Å². The Morgan fingerprint density at radius 1 is 1.17 bits per heavy atom. The van der Waals surface area contributed by atoms with Gasteiger partial charge in [-0.3, -0.25) is 4.79 Å². The first-order valence-corrected chi connectivity index (χ1v) is 8.54. The minimum atomic E-state index is 0. The average molecular weight is 374 g/mol. The Hall–Kier alpha value is -0.970. The van der Waals surface area contributed by atoms with E-state index in [1.807, 2.05) is 24.3 Å². The van der Waals surface area contributed by atoms with Gasteiger partial charge in [0.1, 0.15) is 0 Å². The lowest BCUT2D eigenvalue weighted by Crippen LogP contribution is -2.48. The SMILES string of the molecule is CCCN(C)c1ccc(C(=O)NC2CC3CCC(C2)N3)cc1.Cl.Cl. The first kappa shape index (κ1) is 21.1. The molecule has 2 heterocycles. The van der Waals surface area contributed by atoms with Crippen LogP contribution in [0.25, 0.3) is 0 Å². The molecule has 2 fully saturated rings. The molecule has 2 aliphatic rings. The van der Waals surface area contributed by atoms with Gasteiger partial charge in [-0.25, -0.2) is 0 Å². The monoisotopic (exact) mass is 373 g/mol. The number of rotatable bonds is 5. The van der Waals surface area contributed by atoms with Gasteiger partial charge in [-0.15, -0.1) is 24.8 Å². The third kappa shape index (κ3) is 5.01. The van der Waals surface area contributed by atoms with Crippen LogP contribution in [0.1, 0.15) is 49.4 Å². The third-order valence-corrected chi connectivity index (χ3v) is 4.94. The largest absolute Gasteiger partial charge is 0.375 e. The van der Waals surface area contributed by atoms with Crippen molar-refractivity contribution in [3.63, 3.8) is 0 Å². The highest BCUT2D eigenvalue weighted by Crippen LogP contribution is 2.27. The fraction of sp³-hybridized carbons (Fsp3) is 0.611. The predicted molar refractivity (Wildman–Crippen MR) is 105 cm³/mol. The summed E-state index contributed by atoms with van der Waals surface area (Å²) in [6, 6.07) is 9.49. The quantitative estimate of drug-likeness (QED) is 0.831. The van der Waals surface area contributed by atoms with Crippen LogP contribution in [0.3, 0.4) is 0 Å². The van der Waals surface area contributed by atoms with Crippen molar-refractivity contribution in [3.8, 4) is 0 Å². The molecule has 2 aliphatic heterocycles. The van der Waals surface area contributed by atoms with Crippen LogP contribution < -0.4 is 15.5 Å². The molecule has 0 saturated carbocycles. The lowest BCUT2D eigenvalue weighted by molar-refractivity contribution is 0.0924. The minimum Gasteiger partial charge on any atom is -0.375 e. The molecule has 2 atom stereocenters. The number of fused-ring (bicyclic) bond motifs is 2. The summed E-state index contributed by atoms with van der Waals surface area (Å²) in [4.78, 5) is 14.6. The maximum atomic E-state index is 12.4. The zero-order valence-corrected chi connectivity index (χ0v) is 16.1. The summed E-state index contributed by atoms with van der Waals surface area (Å²) in [5, 5.41) is 6.83. The predicted octanol–water partition coefficient (Wildman–Crippen LogP) is 3.39. The molecule has 2 saturated heterocycles. The summed E-state index contributed by atoms with van der Waals surface area (Å²) in [5.41, 5.74) is 1.93. The van der Waals surface area contributed by atoms with Gasteiger partial charge in [0, 0.05) is 43.0 Å². The first-order chi connectivity index (χ1) is 10.7. The lowest BCUT2D eigenvalue weighted by Gasteiger charge is -2.29. The number of halogens is 2. The molecule has 4 nitrogen and oxygen atoms in total. The lowest BCUT2D eigenvalue weighted by atomic mass is 9.99. The van der Waals surface area contributed by atoms with E-state index in [1.165, 1.54) is 18.5 Å². The molecular weight excluding hydrogens is 345 g/mol. The third-order valence-electron chi connectivity index (χ3n) is 4.94. The van der Waals surface area contributed by atoms with Gasteiger partial charge in [-0.1, -0.05) is 6.92 Å². The standard InChI is InChI=1S/C18H27N3O.2ClH/c1-3-10-21(2)17-8-4-13(5-9-17)18(22)20-16-11-14-6-7-15(12-16)19-14;;/h4-5,8-9,14-16,19H,3,6-7,10-12H2,1-2H3,(H,20,22);2*1H. The van der Waals surface area contributed by atoms with Gasteiger partial charge >= 0.3 is 0 Å². The molecule has 1 amide bonds. The van der Waals surface area contributed by atoms with Crippen molar-refractivity contribution >= 4 is 36.4 Å². The normalized spacial score (nSPS) is 24.5. The Morgan fingerprint density at radius 3 is 2.29 bits per heavy atom. The molecule has 24 heavy (non-hydrogen) atoms.